The molecule has 0 aromatic heterocycles. The van der Waals surface area contributed by atoms with Crippen LogP contribution in [0.25, 0.3) is 0 Å². The number of carbonyl (C=O) groups is 1. The van der Waals surface area contributed by atoms with Gasteiger partial charge in [-0.3, -0.25) is 4.79 Å². The molecule has 1 fully saturated rings. The number of benzene rings is 2. The second-order valence-electron chi connectivity index (χ2n) is 6.87. The van der Waals surface area contributed by atoms with E-state index in [0.717, 1.165) is 12.8 Å². The van der Waals surface area contributed by atoms with E-state index >= 15 is 0 Å². The number of hydrogen-bond donors (Lipinski definition) is 2. The highest BCUT2D eigenvalue weighted by molar-refractivity contribution is 6.37. The lowest BCUT2D eigenvalue weighted by Gasteiger charge is -2.25. The highest BCUT2D eigenvalue weighted by Gasteiger charge is 2.32. The Hall–Kier alpha value is -2.16. The van der Waals surface area contributed by atoms with E-state index < -0.39 is 6.36 Å². The first-order valence-corrected chi connectivity index (χ1v) is 9.94. The largest absolute Gasteiger partial charge is 0.573 e. The van der Waals surface area contributed by atoms with Gasteiger partial charge in [0.15, 0.2) is 5.75 Å². The fourth-order valence-corrected chi connectivity index (χ4v) is 3.90. The lowest BCUT2D eigenvalue weighted by molar-refractivity contribution is -0.274. The predicted molar refractivity (Wildman–Crippen MR) is 107 cm³/mol. The number of amides is 1. The highest BCUT2D eigenvalue weighted by atomic mass is 35.5. The quantitative estimate of drug-likeness (QED) is 0.634. The number of halogens is 5. The van der Waals surface area contributed by atoms with Crippen LogP contribution in [-0.2, 0) is 6.54 Å². The minimum absolute atomic E-state index is 0.0130. The van der Waals surface area contributed by atoms with Gasteiger partial charge in [0.2, 0.25) is 0 Å². The number of aromatic hydroxyl groups is 1. The summed E-state index contributed by atoms with van der Waals surface area (Å²) < 4.78 is 41.7. The Bertz CT molecular complexity index is 901. The van der Waals surface area contributed by atoms with E-state index in [1.807, 2.05) is 0 Å². The van der Waals surface area contributed by atoms with E-state index in [0.29, 0.717) is 18.7 Å². The highest BCUT2D eigenvalue weighted by Crippen LogP contribution is 2.34. The number of rotatable bonds is 6. The summed E-state index contributed by atoms with van der Waals surface area (Å²) in [4.78, 5) is 14.5. The average molecular weight is 463 g/mol. The molecule has 2 aromatic carbocycles. The molecule has 162 valence electrons. The van der Waals surface area contributed by atoms with Gasteiger partial charge < -0.3 is 20.1 Å². The average Bonchev–Trinajstić information content (AvgIpc) is 3.13. The van der Waals surface area contributed by atoms with Crippen LogP contribution in [0.5, 0.6) is 11.5 Å². The van der Waals surface area contributed by atoms with Gasteiger partial charge in [0.05, 0.1) is 10.0 Å². The molecule has 1 atom stereocenters. The molecule has 10 heteroatoms. The number of para-hydroxylation sites is 1. The van der Waals surface area contributed by atoms with Crippen molar-refractivity contribution in [2.75, 3.05) is 13.1 Å². The molecule has 2 N–H and O–H groups in total. The maximum atomic E-state index is 12.9. The summed E-state index contributed by atoms with van der Waals surface area (Å²) in [5.41, 5.74) is 0.626. The zero-order chi connectivity index (χ0) is 21.9. The summed E-state index contributed by atoms with van der Waals surface area (Å²) in [5, 5.41) is 12.7. The maximum absolute atomic E-state index is 12.9. The van der Waals surface area contributed by atoms with Crippen molar-refractivity contribution in [3.8, 4) is 11.5 Å². The first-order chi connectivity index (χ1) is 14.2. The van der Waals surface area contributed by atoms with Gasteiger partial charge in [-0.05, 0) is 31.0 Å². The number of alkyl halides is 3. The Morgan fingerprint density at radius 3 is 2.57 bits per heavy atom. The van der Waals surface area contributed by atoms with E-state index in [4.69, 9.17) is 23.2 Å². The number of likely N-dealkylation sites (tertiary alicyclic amines) is 1. The molecule has 2 aromatic rings. The van der Waals surface area contributed by atoms with Crippen molar-refractivity contribution in [2.45, 2.75) is 31.8 Å². The summed E-state index contributed by atoms with van der Waals surface area (Å²) >= 11 is 11.8. The molecular weight excluding hydrogens is 444 g/mol. The zero-order valence-corrected chi connectivity index (χ0v) is 17.2. The van der Waals surface area contributed by atoms with E-state index in [1.165, 1.54) is 24.3 Å². The van der Waals surface area contributed by atoms with E-state index in [9.17, 15) is 23.1 Å². The fourth-order valence-electron chi connectivity index (χ4n) is 3.42. The van der Waals surface area contributed by atoms with E-state index in [1.54, 1.807) is 17.0 Å². The van der Waals surface area contributed by atoms with Crippen molar-refractivity contribution in [2.24, 2.45) is 0 Å². The van der Waals surface area contributed by atoms with Crippen LogP contribution in [0.1, 0.15) is 28.8 Å². The minimum atomic E-state index is -4.77. The fraction of sp³-hybridized carbons (Fsp3) is 0.350. The number of ether oxygens (including phenoxy) is 1. The van der Waals surface area contributed by atoms with Crippen LogP contribution in [0, 0.1) is 0 Å². The lowest BCUT2D eigenvalue weighted by atomic mass is 10.1. The van der Waals surface area contributed by atoms with Crippen molar-refractivity contribution in [3.63, 3.8) is 0 Å². The Balaban J connectivity index is 1.63. The number of carbonyl (C=O) groups excluding carboxylic acids is 1. The van der Waals surface area contributed by atoms with Gasteiger partial charge in [-0.2, -0.15) is 0 Å². The molecule has 5 nitrogen and oxygen atoms in total. The number of nitrogens with one attached hydrogen (secondary N) is 1. The van der Waals surface area contributed by atoms with Crippen LogP contribution in [-0.4, -0.2) is 41.4 Å². The standard InChI is InChI=1S/C20H19Cl2F3N2O3/c21-15-8-13(9-16(22)18(15)28)19(29)27-7-3-5-14(27)11-26-10-12-4-1-2-6-17(12)30-20(23,24)25/h1-2,4,6,8-9,14,26,28H,3,5,7,10-11H2. The number of hydrogen-bond acceptors (Lipinski definition) is 4. The molecule has 0 bridgehead atoms. The van der Waals surface area contributed by atoms with Crippen molar-refractivity contribution in [1.29, 1.82) is 0 Å². The van der Waals surface area contributed by atoms with E-state index in [2.05, 4.69) is 10.1 Å². The summed E-state index contributed by atoms with van der Waals surface area (Å²) in [6, 6.07) is 8.48. The summed E-state index contributed by atoms with van der Waals surface area (Å²) in [5.74, 6) is -0.816. The molecule has 1 aliphatic rings. The predicted octanol–water partition coefficient (Wildman–Crippen LogP) is 4.99. The summed E-state index contributed by atoms with van der Waals surface area (Å²) in [7, 11) is 0. The second-order valence-corrected chi connectivity index (χ2v) is 7.68. The van der Waals surface area contributed by atoms with Crippen LogP contribution in [0.15, 0.2) is 36.4 Å². The molecule has 3 rings (SSSR count). The Kier molecular flexibility index (Phi) is 7.00. The zero-order valence-electron chi connectivity index (χ0n) is 15.7. The van der Waals surface area contributed by atoms with Crippen LogP contribution in [0.3, 0.4) is 0 Å². The third-order valence-corrected chi connectivity index (χ3v) is 5.37. The molecule has 1 saturated heterocycles. The van der Waals surface area contributed by atoms with Crippen LogP contribution < -0.4 is 10.1 Å². The SMILES string of the molecule is O=C(c1cc(Cl)c(O)c(Cl)c1)N1CCCC1CNCc1ccccc1OC(F)(F)F. The van der Waals surface area contributed by atoms with Crippen molar-refractivity contribution in [3.05, 3.63) is 57.6 Å². The Labute approximate surface area is 181 Å². The number of nitrogens with zero attached hydrogens (tertiary/aromatic N) is 1. The summed E-state index contributed by atoms with van der Waals surface area (Å²) in [6.45, 7) is 1.09. The molecular formula is C20H19Cl2F3N2O3. The topological polar surface area (TPSA) is 61.8 Å². The lowest BCUT2D eigenvalue weighted by Crippen LogP contribution is -2.41. The molecule has 0 spiro atoms. The van der Waals surface area contributed by atoms with Crippen molar-refractivity contribution >= 4 is 29.1 Å². The molecule has 1 unspecified atom stereocenters. The van der Waals surface area contributed by atoms with Crippen LogP contribution >= 0.6 is 23.2 Å². The maximum Gasteiger partial charge on any atom is 0.573 e. The monoisotopic (exact) mass is 462 g/mol. The van der Waals surface area contributed by atoms with Gasteiger partial charge in [0, 0.05) is 36.8 Å². The molecule has 1 heterocycles. The van der Waals surface area contributed by atoms with Gasteiger partial charge in [0.1, 0.15) is 5.75 Å². The van der Waals surface area contributed by atoms with Crippen LogP contribution in [0.2, 0.25) is 10.0 Å². The first kappa shape index (κ1) is 22.5. The molecule has 30 heavy (non-hydrogen) atoms. The second kappa shape index (κ2) is 9.32. The molecule has 1 amide bonds. The van der Waals surface area contributed by atoms with Gasteiger partial charge in [-0.15, -0.1) is 13.2 Å². The van der Waals surface area contributed by atoms with Crippen molar-refractivity contribution in [1.82, 2.24) is 10.2 Å². The molecule has 0 radical (unpaired) electrons. The van der Waals surface area contributed by atoms with Crippen molar-refractivity contribution < 1.29 is 27.8 Å². The molecule has 0 saturated carbocycles. The van der Waals surface area contributed by atoms with Gasteiger partial charge in [-0.25, -0.2) is 0 Å². The smallest absolute Gasteiger partial charge is 0.505 e. The van der Waals surface area contributed by atoms with Gasteiger partial charge in [0.25, 0.3) is 5.91 Å². The van der Waals surface area contributed by atoms with Crippen LogP contribution in [0.4, 0.5) is 13.2 Å². The Morgan fingerprint density at radius 1 is 1.23 bits per heavy atom. The van der Waals surface area contributed by atoms with Gasteiger partial charge in [-0.1, -0.05) is 41.4 Å². The Morgan fingerprint density at radius 2 is 1.90 bits per heavy atom. The third-order valence-electron chi connectivity index (χ3n) is 4.80. The minimum Gasteiger partial charge on any atom is -0.505 e. The first-order valence-electron chi connectivity index (χ1n) is 9.19. The third kappa shape index (κ3) is 5.50. The molecule has 1 aliphatic heterocycles. The number of phenols is 1. The summed E-state index contributed by atoms with van der Waals surface area (Å²) in [6.07, 6.45) is -3.22. The normalized spacial score (nSPS) is 16.7. The number of phenolic OH excluding ortho intramolecular Hbond substituents is 1. The van der Waals surface area contributed by atoms with Gasteiger partial charge >= 0.3 is 6.36 Å². The molecule has 0 aliphatic carbocycles. The van der Waals surface area contributed by atoms with E-state index in [-0.39, 0.29) is 45.6 Å².